The molecule has 0 radical (unpaired) electrons. The van der Waals surface area contributed by atoms with Crippen LogP contribution in [0.5, 0.6) is 0 Å². The number of nitrogens with one attached hydrogen (secondary N) is 1. The van der Waals surface area contributed by atoms with Crippen LogP contribution in [0.1, 0.15) is 67.9 Å². The van der Waals surface area contributed by atoms with Crippen LogP contribution in [0.25, 0.3) is 0 Å². The molecule has 0 unspecified atom stereocenters. The minimum atomic E-state index is -0.363. The number of nitrogens with zero attached hydrogens (tertiary/aromatic N) is 3. The molecule has 0 saturated heterocycles. The van der Waals surface area contributed by atoms with Crippen LogP contribution in [-0.4, -0.2) is 15.9 Å². The minimum Gasteiger partial charge on any atom is -0.357 e. The Bertz CT molecular complexity index is 665. The third-order valence-electron chi connectivity index (χ3n) is 4.82. The van der Waals surface area contributed by atoms with Gasteiger partial charge in [-0.1, -0.05) is 62.3 Å². The number of anilines is 1. The van der Waals surface area contributed by atoms with Crippen molar-refractivity contribution in [2.75, 3.05) is 5.32 Å². The molecule has 0 aliphatic carbocycles. The molecule has 1 N–H and O–H groups in total. The predicted molar refractivity (Wildman–Crippen MR) is 96.7 cm³/mol. The minimum absolute atomic E-state index is 0.0837. The van der Waals surface area contributed by atoms with E-state index in [1.165, 1.54) is 0 Å². The number of aromatic nitrogens is 1. The highest BCUT2D eigenvalue weighted by Crippen LogP contribution is 2.52. The van der Waals surface area contributed by atoms with Crippen molar-refractivity contribution >= 4 is 11.5 Å². The van der Waals surface area contributed by atoms with Gasteiger partial charge in [-0.3, -0.25) is 0 Å². The molecular formula is C19H30N4. The molecule has 23 heavy (non-hydrogen) atoms. The maximum absolute atomic E-state index is 9.43. The van der Waals surface area contributed by atoms with Crippen LogP contribution in [0.3, 0.4) is 0 Å². The first-order valence-corrected chi connectivity index (χ1v) is 8.25. The summed E-state index contributed by atoms with van der Waals surface area (Å²) >= 11 is 0. The summed E-state index contributed by atoms with van der Waals surface area (Å²) in [5.74, 6) is 0.797. The van der Waals surface area contributed by atoms with Gasteiger partial charge in [0, 0.05) is 11.6 Å². The second kappa shape index (κ2) is 4.87. The Labute approximate surface area is 140 Å². The molecule has 126 valence electrons. The van der Waals surface area contributed by atoms with E-state index in [1.54, 1.807) is 0 Å². The molecule has 0 bridgehead atoms. The van der Waals surface area contributed by atoms with Crippen molar-refractivity contribution in [2.45, 2.75) is 67.9 Å². The zero-order valence-electron chi connectivity index (χ0n) is 16.0. The van der Waals surface area contributed by atoms with Gasteiger partial charge in [0.1, 0.15) is 11.9 Å². The van der Waals surface area contributed by atoms with E-state index in [4.69, 9.17) is 5.10 Å². The normalized spacial score (nSPS) is 17.8. The van der Waals surface area contributed by atoms with Crippen LogP contribution < -0.4 is 5.32 Å². The van der Waals surface area contributed by atoms with Gasteiger partial charge in [-0.15, -0.1) is 0 Å². The number of hydrogen-bond acceptors (Lipinski definition) is 3. The lowest BCUT2D eigenvalue weighted by Crippen LogP contribution is -2.68. The van der Waals surface area contributed by atoms with E-state index in [1.807, 2.05) is 16.9 Å². The van der Waals surface area contributed by atoms with Gasteiger partial charge in [0.05, 0.1) is 16.8 Å². The molecule has 1 aromatic heterocycles. The molecule has 0 fully saturated rings. The summed E-state index contributed by atoms with van der Waals surface area (Å²) in [6.45, 7) is 20.1. The Morgan fingerprint density at radius 1 is 1.04 bits per heavy atom. The van der Waals surface area contributed by atoms with Crippen molar-refractivity contribution in [3.8, 4) is 6.07 Å². The van der Waals surface area contributed by atoms with E-state index in [9.17, 15) is 5.26 Å². The highest BCUT2D eigenvalue weighted by Gasteiger charge is 2.58. The van der Waals surface area contributed by atoms with Gasteiger partial charge >= 0.3 is 0 Å². The van der Waals surface area contributed by atoms with Gasteiger partial charge < -0.3 is 5.32 Å². The second-order valence-corrected chi connectivity index (χ2v) is 9.61. The highest BCUT2D eigenvalue weighted by atomic mass is 15.4. The molecule has 2 rings (SSSR count). The van der Waals surface area contributed by atoms with Crippen LogP contribution in [0, 0.1) is 27.6 Å². The van der Waals surface area contributed by atoms with Crippen molar-refractivity contribution in [2.24, 2.45) is 21.3 Å². The summed E-state index contributed by atoms with van der Waals surface area (Å²) < 4.78 is 1.81. The lowest BCUT2D eigenvalue weighted by Gasteiger charge is -2.58. The molecular weight excluding hydrogens is 284 g/mol. The van der Waals surface area contributed by atoms with E-state index in [0.29, 0.717) is 5.56 Å². The van der Waals surface area contributed by atoms with Crippen molar-refractivity contribution in [3.63, 3.8) is 0 Å². The Kier molecular flexibility index (Phi) is 3.72. The first-order valence-electron chi connectivity index (χ1n) is 8.25. The molecule has 0 amide bonds. The first-order chi connectivity index (χ1) is 10.3. The fraction of sp³-hybridized carbons (Fsp3) is 0.684. The van der Waals surface area contributed by atoms with E-state index in [0.717, 1.165) is 11.5 Å². The van der Waals surface area contributed by atoms with Gasteiger partial charge in [0.25, 0.3) is 0 Å². The van der Waals surface area contributed by atoms with Crippen molar-refractivity contribution in [1.29, 1.82) is 5.26 Å². The van der Waals surface area contributed by atoms with Crippen LogP contribution >= 0.6 is 0 Å². The van der Waals surface area contributed by atoms with E-state index in [2.05, 4.69) is 73.7 Å². The summed E-state index contributed by atoms with van der Waals surface area (Å²) in [5.41, 5.74) is 1.14. The van der Waals surface area contributed by atoms with Gasteiger partial charge in [-0.2, -0.15) is 10.4 Å². The summed E-state index contributed by atoms with van der Waals surface area (Å²) in [6.07, 6.45) is 1.86. The summed E-state index contributed by atoms with van der Waals surface area (Å²) in [7, 11) is 0. The molecule has 4 nitrogen and oxygen atoms in total. The second-order valence-electron chi connectivity index (χ2n) is 9.61. The molecule has 4 heteroatoms. The molecule has 2 heterocycles. The van der Waals surface area contributed by atoms with Crippen LogP contribution in [0.4, 0.5) is 5.82 Å². The van der Waals surface area contributed by atoms with E-state index >= 15 is 0 Å². The molecule has 1 aliphatic heterocycles. The number of fused-ring (bicyclic) bond motifs is 1. The average molecular weight is 314 g/mol. The number of nitriles is 1. The van der Waals surface area contributed by atoms with Crippen LogP contribution in [0.2, 0.25) is 0 Å². The lowest BCUT2D eigenvalue weighted by molar-refractivity contribution is 0.131. The highest BCUT2D eigenvalue weighted by molar-refractivity contribution is 6.02. The maximum Gasteiger partial charge on any atom is 0.146 e. The largest absolute Gasteiger partial charge is 0.357 e. The SMILES string of the molecule is CC(C)(C)C1=Nn2ccc(C#N)c2NC1(C(C)(C)C)C(C)(C)C. The molecule has 1 aromatic rings. The standard InChI is InChI=1S/C19H30N4/c1-16(2,3)15-19(17(4,5)6,18(7,8)9)21-14-13(12-20)10-11-23(14)22-15/h10-11,21H,1-9H3. The molecule has 0 spiro atoms. The van der Waals surface area contributed by atoms with Crippen molar-refractivity contribution < 1.29 is 0 Å². The molecule has 0 atom stereocenters. The molecule has 0 aromatic carbocycles. The van der Waals surface area contributed by atoms with Gasteiger partial charge in [-0.25, -0.2) is 4.68 Å². The third-order valence-corrected chi connectivity index (χ3v) is 4.82. The smallest absolute Gasteiger partial charge is 0.146 e. The predicted octanol–water partition coefficient (Wildman–Crippen LogP) is 4.87. The fourth-order valence-corrected chi connectivity index (χ4v) is 4.06. The van der Waals surface area contributed by atoms with Gasteiger partial charge in [0.2, 0.25) is 0 Å². The Hall–Kier alpha value is -1.76. The van der Waals surface area contributed by atoms with Crippen molar-refractivity contribution in [3.05, 3.63) is 17.8 Å². The maximum atomic E-state index is 9.43. The number of rotatable bonds is 0. The Morgan fingerprint density at radius 2 is 1.57 bits per heavy atom. The average Bonchev–Trinajstić information content (AvgIpc) is 2.75. The zero-order valence-corrected chi connectivity index (χ0v) is 16.0. The van der Waals surface area contributed by atoms with E-state index < -0.39 is 0 Å². The quantitative estimate of drug-likeness (QED) is 0.743. The Balaban J connectivity index is 2.88. The fourth-order valence-electron chi connectivity index (χ4n) is 4.06. The van der Waals surface area contributed by atoms with Crippen LogP contribution in [0.15, 0.2) is 17.4 Å². The zero-order chi connectivity index (χ0) is 17.8. The van der Waals surface area contributed by atoms with Gasteiger partial charge in [0.15, 0.2) is 0 Å². The number of hydrogen-bond donors (Lipinski definition) is 1. The van der Waals surface area contributed by atoms with Gasteiger partial charge in [-0.05, 0) is 16.9 Å². The Morgan fingerprint density at radius 3 is 1.96 bits per heavy atom. The van der Waals surface area contributed by atoms with E-state index in [-0.39, 0.29) is 21.8 Å². The summed E-state index contributed by atoms with van der Waals surface area (Å²) in [6, 6.07) is 4.10. The molecule has 1 aliphatic rings. The molecule has 0 saturated carbocycles. The monoisotopic (exact) mass is 314 g/mol. The van der Waals surface area contributed by atoms with Crippen LogP contribution in [-0.2, 0) is 0 Å². The summed E-state index contributed by atoms with van der Waals surface area (Å²) in [5, 5.41) is 18.2. The third kappa shape index (κ3) is 2.47. The van der Waals surface area contributed by atoms with Crippen molar-refractivity contribution in [1.82, 2.24) is 4.68 Å². The lowest BCUT2D eigenvalue weighted by atomic mass is 9.54. The summed E-state index contributed by atoms with van der Waals surface area (Å²) in [4.78, 5) is 0. The topological polar surface area (TPSA) is 53.1 Å². The first kappa shape index (κ1) is 17.6.